The number of aryl methyl sites for hydroxylation is 1. The van der Waals surface area contributed by atoms with Crippen molar-refractivity contribution in [2.45, 2.75) is 69.4 Å². The molecule has 2 saturated carbocycles. The largest absolute Gasteiger partial charge is 0.329 e. The first-order valence-electron chi connectivity index (χ1n) is 14.6. The smallest absolute Gasteiger partial charge is 0.234 e. The standard InChI is InChI=1S/C33H33BrFN5O/c34-24-11-9-22(27(35)17-24)19-40(29-8-2-6-21-7-3-15-37-31(21)29)32(41)33(13-14-33)23-10-12-25-26(16-23)28(18-36)38-39-30(25)20-4-1-5-20/h3,7,9-12,15-17,29,39H,1-2,4-6,8,13-14,18-19,36H2. The molecule has 0 spiro atoms. The van der Waals surface area contributed by atoms with Gasteiger partial charge in [0.05, 0.1) is 28.6 Å². The van der Waals surface area contributed by atoms with E-state index in [1.807, 2.05) is 17.0 Å². The molecular weight excluding hydrogens is 581 g/mol. The molecule has 1 amide bonds. The van der Waals surface area contributed by atoms with Crippen molar-refractivity contribution in [2.24, 2.45) is 10.8 Å². The third-order valence-electron chi connectivity index (χ3n) is 9.28. The van der Waals surface area contributed by atoms with Crippen molar-refractivity contribution in [3.05, 3.63) is 104 Å². The number of hydrazone groups is 1. The molecule has 3 N–H and O–H groups in total. The number of allylic oxidation sites excluding steroid dienone is 1. The summed E-state index contributed by atoms with van der Waals surface area (Å²) in [7, 11) is 0. The third kappa shape index (κ3) is 4.61. The molecule has 2 fully saturated rings. The highest BCUT2D eigenvalue weighted by Gasteiger charge is 2.54. The van der Waals surface area contributed by atoms with Gasteiger partial charge in [0.15, 0.2) is 0 Å². The predicted octanol–water partition coefficient (Wildman–Crippen LogP) is 6.28. The minimum Gasteiger partial charge on any atom is -0.329 e. The maximum Gasteiger partial charge on any atom is 0.234 e. The number of rotatable bonds is 6. The molecule has 0 radical (unpaired) electrons. The predicted molar refractivity (Wildman–Crippen MR) is 161 cm³/mol. The summed E-state index contributed by atoms with van der Waals surface area (Å²) in [6, 6.07) is 15.3. The van der Waals surface area contributed by atoms with Gasteiger partial charge in [0.2, 0.25) is 5.91 Å². The van der Waals surface area contributed by atoms with E-state index in [-0.39, 0.29) is 24.3 Å². The molecule has 0 bridgehead atoms. The van der Waals surface area contributed by atoms with E-state index in [1.54, 1.807) is 12.3 Å². The zero-order valence-electron chi connectivity index (χ0n) is 22.9. The quantitative estimate of drug-likeness (QED) is 0.343. The number of carbonyl (C=O) groups is 1. The monoisotopic (exact) mass is 613 g/mol. The summed E-state index contributed by atoms with van der Waals surface area (Å²) >= 11 is 3.37. The Morgan fingerprint density at radius 1 is 1.10 bits per heavy atom. The van der Waals surface area contributed by atoms with E-state index in [2.05, 4.69) is 50.7 Å². The lowest BCUT2D eigenvalue weighted by atomic mass is 9.83. The molecule has 4 aliphatic rings. The number of pyridine rings is 1. The van der Waals surface area contributed by atoms with E-state index < -0.39 is 5.41 Å². The van der Waals surface area contributed by atoms with Crippen molar-refractivity contribution in [3.8, 4) is 0 Å². The van der Waals surface area contributed by atoms with E-state index in [4.69, 9.17) is 10.7 Å². The normalized spacial score (nSPS) is 20.3. The Kier molecular flexibility index (Phi) is 6.78. The van der Waals surface area contributed by atoms with Crippen molar-refractivity contribution in [1.29, 1.82) is 0 Å². The van der Waals surface area contributed by atoms with E-state index in [1.165, 1.54) is 23.6 Å². The fourth-order valence-electron chi connectivity index (χ4n) is 6.64. The van der Waals surface area contributed by atoms with Crippen LogP contribution in [0.25, 0.3) is 5.70 Å². The van der Waals surface area contributed by atoms with Gasteiger partial charge in [0.1, 0.15) is 5.82 Å². The molecule has 41 heavy (non-hydrogen) atoms. The number of halogens is 2. The Hall–Kier alpha value is -3.36. The number of benzene rings is 2. The second-order valence-electron chi connectivity index (χ2n) is 11.7. The SMILES string of the molecule is NCC1=NNC(=C2CCC2)c2ccc(C3(C(=O)N(Cc4ccc(Br)cc4F)C4CCCc5cccnc54)CC3)cc21. The maximum atomic E-state index is 15.2. The Morgan fingerprint density at radius 3 is 2.68 bits per heavy atom. The van der Waals surface area contributed by atoms with Crippen LogP contribution in [0.2, 0.25) is 0 Å². The highest BCUT2D eigenvalue weighted by Crippen LogP contribution is 2.52. The molecule has 3 aliphatic carbocycles. The fourth-order valence-corrected chi connectivity index (χ4v) is 6.98. The average Bonchev–Trinajstić information content (AvgIpc) is 3.78. The Labute approximate surface area is 248 Å². The second kappa shape index (κ2) is 10.5. The van der Waals surface area contributed by atoms with Crippen LogP contribution in [0.5, 0.6) is 0 Å². The van der Waals surface area contributed by atoms with Gasteiger partial charge in [-0.05, 0) is 92.3 Å². The molecule has 1 aliphatic heterocycles. The summed E-state index contributed by atoms with van der Waals surface area (Å²) in [6.45, 7) is 0.507. The third-order valence-corrected chi connectivity index (χ3v) is 9.77. The van der Waals surface area contributed by atoms with Crippen molar-refractivity contribution in [1.82, 2.24) is 15.3 Å². The van der Waals surface area contributed by atoms with Crippen LogP contribution in [0.1, 0.15) is 84.5 Å². The molecule has 2 aromatic carbocycles. The average molecular weight is 615 g/mol. The van der Waals surface area contributed by atoms with Crippen LogP contribution in [0.4, 0.5) is 4.39 Å². The van der Waals surface area contributed by atoms with E-state index in [9.17, 15) is 4.79 Å². The zero-order valence-corrected chi connectivity index (χ0v) is 24.5. The molecular formula is C33H33BrFN5O. The van der Waals surface area contributed by atoms with E-state index in [0.29, 0.717) is 16.6 Å². The highest BCUT2D eigenvalue weighted by atomic mass is 79.9. The highest BCUT2D eigenvalue weighted by molar-refractivity contribution is 9.10. The molecule has 1 unspecified atom stereocenters. The number of nitrogens with zero attached hydrogens (tertiary/aromatic N) is 3. The summed E-state index contributed by atoms with van der Waals surface area (Å²) in [6.07, 6.45) is 9.38. The Morgan fingerprint density at radius 2 is 1.95 bits per heavy atom. The molecule has 2 heterocycles. The molecule has 6 nitrogen and oxygen atoms in total. The molecule has 3 aromatic rings. The number of aromatic nitrogens is 1. The van der Waals surface area contributed by atoms with Gasteiger partial charge in [-0.1, -0.05) is 40.2 Å². The van der Waals surface area contributed by atoms with Gasteiger partial charge in [-0.2, -0.15) is 5.10 Å². The van der Waals surface area contributed by atoms with Crippen LogP contribution in [0.15, 0.2) is 69.9 Å². The lowest BCUT2D eigenvalue weighted by molar-refractivity contribution is -0.137. The minimum atomic E-state index is -0.651. The maximum absolute atomic E-state index is 15.2. The van der Waals surface area contributed by atoms with Crippen molar-refractivity contribution in [2.75, 3.05) is 6.54 Å². The number of carbonyl (C=O) groups excluding carboxylic acids is 1. The van der Waals surface area contributed by atoms with Crippen molar-refractivity contribution >= 4 is 33.2 Å². The molecule has 8 heteroatoms. The van der Waals surface area contributed by atoms with Crippen LogP contribution in [-0.2, 0) is 23.2 Å². The molecule has 7 rings (SSSR count). The molecule has 1 aromatic heterocycles. The summed E-state index contributed by atoms with van der Waals surface area (Å²) in [4.78, 5) is 21.4. The zero-order chi connectivity index (χ0) is 28.1. The number of hydrogen-bond acceptors (Lipinski definition) is 5. The summed E-state index contributed by atoms with van der Waals surface area (Å²) < 4.78 is 15.8. The molecule has 0 saturated heterocycles. The number of nitrogens with one attached hydrogen (secondary N) is 1. The fraction of sp³-hybridized carbons (Fsp3) is 0.364. The molecule has 210 valence electrons. The van der Waals surface area contributed by atoms with Gasteiger partial charge < -0.3 is 10.6 Å². The number of nitrogens with two attached hydrogens (primary N) is 1. The number of fused-ring (bicyclic) bond motifs is 2. The summed E-state index contributed by atoms with van der Waals surface area (Å²) in [5.74, 6) is -0.276. The summed E-state index contributed by atoms with van der Waals surface area (Å²) in [5.41, 5.74) is 17.7. The number of hydrogen-bond donors (Lipinski definition) is 2. The van der Waals surface area contributed by atoms with Gasteiger partial charge in [-0.15, -0.1) is 0 Å². The van der Waals surface area contributed by atoms with Gasteiger partial charge in [-0.25, -0.2) is 4.39 Å². The first-order valence-corrected chi connectivity index (χ1v) is 15.4. The Balaban J connectivity index is 1.29. The van der Waals surface area contributed by atoms with Gasteiger partial charge in [0, 0.05) is 40.4 Å². The topological polar surface area (TPSA) is 83.6 Å². The van der Waals surface area contributed by atoms with Crippen LogP contribution in [0, 0.1) is 5.82 Å². The second-order valence-corrected chi connectivity index (χ2v) is 12.6. The minimum absolute atomic E-state index is 0.0426. The lowest BCUT2D eigenvalue weighted by Crippen LogP contribution is -2.43. The molecule has 1 atom stereocenters. The number of amides is 1. The van der Waals surface area contributed by atoms with Gasteiger partial charge in [-0.3, -0.25) is 15.2 Å². The van der Waals surface area contributed by atoms with Crippen LogP contribution >= 0.6 is 15.9 Å². The van der Waals surface area contributed by atoms with Crippen LogP contribution in [-0.4, -0.2) is 28.0 Å². The van der Waals surface area contributed by atoms with Gasteiger partial charge >= 0.3 is 0 Å². The summed E-state index contributed by atoms with van der Waals surface area (Å²) in [5, 5.41) is 4.60. The van der Waals surface area contributed by atoms with Gasteiger partial charge in [0.25, 0.3) is 0 Å². The van der Waals surface area contributed by atoms with Crippen LogP contribution in [0.3, 0.4) is 0 Å². The lowest BCUT2D eigenvalue weighted by Gasteiger charge is -2.38. The first kappa shape index (κ1) is 26.5. The van der Waals surface area contributed by atoms with E-state index in [0.717, 1.165) is 78.7 Å². The Bertz CT molecular complexity index is 1600. The van der Waals surface area contributed by atoms with Crippen LogP contribution < -0.4 is 11.2 Å². The van der Waals surface area contributed by atoms with Crippen molar-refractivity contribution < 1.29 is 9.18 Å². The van der Waals surface area contributed by atoms with E-state index >= 15 is 4.39 Å². The van der Waals surface area contributed by atoms with Crippen molar-refractivity contribution in [3.63, 3.8) is 0 Å². The first-order chi connectivity index (χ1) is 20.0.